The summed E-state index contributed by atoms with van der Waals surface area (Å²) >= 11 is 0. The standard InChI is InChI=1S/C16H25N3O4/c1-11(23-12(2)20)13(14(21)18-8-3-4-9-18)19-10-16(15(19)22)6-5-7-17-16/h11,13,17H,3-10H2,1-2H3/t11-,13+,16?/m1/s1. The van der Waals surface area contributed by atoms with Gasteiger partial charge >= 0.3 is 5.97 Å². The molecule has 0 aromatic rings. The van der Waals surface area contributed by atoms with Gasteiger partial charge in [0.25, 0.3) is 0 Å². The summed E-state index contributed by atoms with van der Waals surface area (Å²) in [6.07, 6.45) is 3.13. The van der Waals surface area contributed by atoms with Crippen LogP contribution in [0.25, 0.3) is 0 Å². The summed E-state index contributed by atoms with van der Waals surface area (Å²) in [5.74, 6) is -0.567. The maximum atomic E-state index is 12.9. The Morgan fingerprint density at radius 3 is 2.48 bits per heavy atom. The number of nitrogens with zero attached hydrogens (tertiary/aromatic N) is 2. The van der Waals surface area contributed by atoms with Gasteiger partial charge in [0, 0.05) is 26.6 Å². The van der Waals surface area contributed by atoms with Crippen LogP contribution in [0.1, 0.15) is 39.5 Å². The third kappa shape index (κ3) is 2.82. The van der Waals surface area contributed by atoms with E-state index in [0.717, 1.165) is 32.2 Å². The highest BCUT2D eigenvalue weighted by Crippen LogP contribution is 2.34. The van der Waals surface area contributed by atoms with Crippen LogP contribution in [0, 0.1) is 0 Å². The number of nitrogens with one attached hydrogen (secondary N) is 1. The molecule has 7 heteroatoms. The second-order valence-corrected chi connectivity index (χ2v) is 6.84. The molecule has 3 heterocycles. The maximum absolute atomic E-state index is 12.9. The van der Waals surface area contributed by atoms with Gasteiger partial charge in [0.15, 0.2) is 0 Å². The molecule has 2 amide bonds. The molecular weight excluding hydrogens is 298 g/mol. The lowest BCUT2D eigenvalue weighted by Crippen LogP contribution is -2.76. The van der Waals surface area contributed by atoms with Crippen LogP contribution in [-0.2, 0) is 19.1 Å². The Kier molecular flexibility index (Phi) is 4.31. The average molecular weight is 323 g/mol. The molecule has 3 atom stereocenters. The topological polar surface area (TPSA) is 79.0 Å². The lowest BCUT2D eigenvalue weighted by molar-refractivity contribution is -0.172. The minimum Gasteiger partial charge on any atom is -0.460 e. The van der Waals surface area contributed by atoms with Crippen LogP contribution in [-0.4, -0.2) is 71.4 Å². The lowest BCUT2D eigenvalue weighted by Gasteiger charge is -2.51. The zero-order chi connectivity index (χ0) is 16.6. The first-order chi connectivity index (χ1) is 10.9. The van der Waals surface area contributed by atoms with Crippen molar-refractivity contribution in [3.05, 3.63) is 0 Å². The first-order valence-corrected chi connectivity index (χ1v) is 8.47. The van der Waals surface area contributed by atoms with Gasteiger partial charge < -0.3 is 19.9 Å². The largest absolute Gasteiger partial charge is 0.460 e. The van der Waals surface area contributed by atoms with Gasteiger partial charge in [-0.1, -0.05) is 0 Å². The summed E-state index contributed by atoms with van der Waals surface area (Å²) in [7, 11) is 0. The number of carbonyl (C=O) groups is 3. The van der Waals surface area contributed by atoms with Gasteiger partial charge in [-0.2, -0.15) is 0 Å². The second kappa shape index (κ2) is 6.11. The molecule has 0 aliphatic carbocycles. The molecule has 0 aromatic carbocycles. The van der Waals surface area contributed by atoms with Crippen molar-refractivity contribution >= 4 is 17.8 Å². The molecule has 1 unspecified atom stereocenters. The van der Waals surface area contributed by atoms with Crippen LogP contribution in [0.4, 0.5) is 0 Å². The zero-order valence-electron chi connectivity index (χ0n) is 13.8. The molecule has 3 rings (SSSR count). The summed E-state index contributed by atoms with van der Waals surface area (Å²) in [6.45, 7) is 5.80. The number of esters is 1. The Bertz CT molecular complexity index is 509. The van der Waals surface area contributed by atoms with Crippen LogP contribution in [0.5, 0.6) is 0 Å². The highest BCUT2D eigenvalue weighted by molar-refractivity contribution is 5.98. The monoisotopic (exact) mass is 323 g/mol. The Morgan fingerprint density at radius 1 is 1.26 bits per heavy atom. The lowest BCUT2D eigenvalue weighted by atomic mass is 9.84. The fourth-order valence-corrected chi connectivity index (χ4v) is 4.00. The van der Waals surface area contributed by atoms with E-state index in [1.807, 2.05) is 0 Å². The van der Waals surface area contributed by atoms with Crippen molar-refractivity contribution in [2.24, 2.45) is 0 Å². The predicted molar refractivity (Wildman–Crippen MR) is 82.5 cm³/mol. The smallest absolute Gasteiger partial charge is 0.302 e. The molecule has 3 aliphatic rings. The molecule has 23 heavy (non-hydrogen) atoms. The van der Waals surface area contributed by atoms with Gasteiger partial charge in [-0.15, -0.1) is 0 Å². The van der Waals surface area contributed by atoms with Gasteiger partial charge in [0.05, 0.1) is 0 Å². The Balaban J connectivity index is 1.76. The average Bonchev–Trinajstić information content (AvgIpc) is 3.18. The van der Waals surface area contributed by atoms with Crippen molar-refractivity contribution in [1.82, 2.24) is 15.1 Å². The minimum atomic E-state index is -0.711. The quantitative estimate of drug-likeness (QED) is 0.577. The second-order valence-electron chi connectivity index (χ2n) is 6.84. The predicted octanol–water partition coefficient (Wildman–Crippen LogP) is -0.107. The van der Waals surface area contributed by atoms with E-state index < -0.39 is 23.7 Å². The van der Waals surface area contributed by atoms with E-state index in [1.54, 1.807) is 16.7 Å². The van der Waals surface area contributed by atoms with E-state index in [9.17, 15) is 14.4 Å². The Labute approximate surface area is 136 Å². The molecule has 0 aromatic heterocycles. The fraction of sp³-hybridized carbons (Fsp3) is 0.812. The molecule has 7 nitrogen and oxygen atoms in total. The molecule has 3 aliphatic heterocycles. The van der Waals surface area contributed by atoms with E-state index in [2.05, 4.69) is 5.32 Å². The van der Waals surface area contributed by atoms with Gasteiger partial charge in [-0.3, -0.25) is 14.4 Å². The first-order valence-electron chi connectivity index (χ1n) is 8.47. The van der Waals surface area contributed by atoms with Crippen molar-refractivity contribution in [3.63, 3.8) is 0 Å². The van der Waals surface area contributed by atoms with Crippen molar-refractivity contribution < 1.29 is 19.1 Å². The highest BCUT2D eigenvalue weighted by Gasteiger charge is 2.58. The third-order valence-electron chi connectivity index (χ3n) is 5.16. The summed E-state index contributed by atoms with van der Waals surface area (Å²) in [4.78, 5) is 40.2. The fourth-order valence-electron chi connectivity index (χ4n) is 4.00. The molecule has 1 spiro atoms. The first kappa shape index (κ1) is 16.2. The molecule has 0 saturated carbocycles. The molecule has 128 valence electrons. The summed E-state index contributed by atoms with van der Waals surface area (Å²) < 4.78 is 5.25. The SMILES string of the molecule is CC(=O)O[C@H](C)[C@@H](C(=O)N1CCCC1)N1CC2(CCCN2)C1=O. The molecule has 3 fully saturated rings. The Morgan fingerprint density at radius 2 is 1.96 bits per heavy atom. The molecule has 0 radical (unpaired) electrons. The number of ether oxygens (including phenoxy) is 1. The van der Waals surface area contributed by atoms with E-state index in [4.69, 9.17) is 4.74 Å². The van der Waals surface area contributed by atoms with Crippen molar-refractivity contribution in [2.75, 3.05) is 26.2 Å². The number of rotatable bonds is 4. The van der Waals surface area contributed by atoms with E-state index in [-0.39, 0.29) is 11.8 Å². The number of hydrogen-bond acceptors (Lipinski definition) is 5. The molecule has 0 bridgehead atoms. The van der Waals surface area contributed by atoms with Crippen LogP contribution < -0.4 is 5.32 Å². The van der Waals surface area contributed by atoms with Crippen LogP contribution in [0.2, 0.25) is 0 Å². The minimum absolute atomic E-state index is 0.0356. The van der Waals surface area contributed by atoms with Gasteiger partial charge in [-0.05, 0) is 39.2 Å². The van der Waals surface area contributed by atoms with Gasteiger partial charge in [-0.25, -0.2) is 0 Å². The number of likely N-dealkylation sites (tertiary alicyclic amines) is 2. The molecule has 1 N–H and O–H groups in total. The normalized spacial score (nSPS) is 29.6. The summed E-state index contributed by atoms with van der Waals surface area (Å²) in [5.41, 5.74) is -0.487. The van der Waals surface area contributed by atoms with Crippen LogP contribution in [0.3, 0.4) is 0 Å². The summed E-state index contributed by atoms with van der Waals surface area (Å²) in [6, 6.07) is -0.711. The van der Waals surface area contributed by atoms with Crippen LogP contribution in [0.15, 0.2) is 0 Å². The van der Waals surface area contributed by atoms with E-state index >= 15 is 0 Å². The zero-order valence-corrected chi connectivity index (χ0v) is 13.8. The summed E-state index contributed by atoms with van der Waals surface area (Å²) in [5, 5.41) is 3.27. The molecule has 3 saturated heterocycles. The Hall–Kier alpha value is -1.63. The number of carbonyl (C=O) groups excluding carboxylic acids is 3. The third-order valence-corrected chi connectivity index (χ3v) is 5.16. The number of β-lactam (4-membered cyclic amide) rings is 1. The van der Waals surface area contributed by atoms with Crippen molar-refractivity contribution in [1.29, 1.82) is 0 Å². The van der Waals surface area contributed by atoms with E-state index in [0.29, 0.717) is 19.6 Å². The van der Waals surface area contributed by atoms with Gasteiger partial charge in [0.2, 0.25) is 11.8 Å². The van der Waals surface area contributed by atoms with E-state index in [1.165, 1.54) is 6.92 Å². The highest BCUT2D eigenvalue weighted by atomic mass is 16.5. The van der Waals surface area contributed by atoms with Crippen molar-refractivity contribution in [2.45, 2.75) is 57.2 Å². The van der Waals surface area contributed by atoms with Gasteiger partial charge in [0.1, 0.15) is 17.7 Å². The number of amides is 2. The molecular formula is C16H25N3O4. The number of hydrogen-bond donors (Lipinski definition) is 1. The van der Waals surface area contributed by atoms with Crippen molar-refractivity contribution in [3.8, 4) is 0 Å². The van der Waals surface area contributed by atoms with Crippen LogP contribution >= 0.6 is 0 Å². The maximum Gasteiger partial charge on any atom is 0.302 e.